The Kier molecular flexibility index (Phi) is 8.03. The van der Waals surface area contributed by atoms with E-state index in [0.717, 1.165) is 0 Å². The second-order valence-corrected chi connectivity index (χ2v) is 8.25. The smallest absolute Gasteiger partial charge is 0.404 e. The number of carbonyl (C=O) groups excluding carboxylic acids is 1. The van der Waals surface area contributed by atoms with Crippen molar-refractivity contribution in [3.8, 4) is 5.75 Å². The normalized spacial score (nSPS) is 12.9. The number of hydrogen-bond donors (Lipinski definition) is 3. The van der Waals surface area contributed by atoms with E-state index in [-0.39, 0.29) is 28.9 Å². The first kappa shape index (κ1) is 25.4. The molecule has 34 heavy (non-hydrogen) atoms. The summed E-state index contributed by atoms with van der Waals surface area (Å²) in [7, 11) is 0. The first-order chi connectivity index (χ1) is 16.2. The third kappa shape index (κ3) is 6.63. The van der Waals surface area contributed by atoms with Gasteiger partial charge >= 0.3 is 6.36 Å². The Labute approximate surface area is 203 Å². The van der Waals surface area contributed by atoms with Gasteiger partial charge in [-0.3, -0.25) is 4.79 Å². The van der Waals surface area contributed by atoms with Crippen LogP contribution >= 0.6 is 15.9 Å². The minimum Gasteiger partial charge on any atom is -0.404 e. The molecule has 0 unspecified atom stereocenters. The van der Waals surface area contributed by atoms with Crippen molar-refractivity contribution in [1.82, 2.24) is 10.3 Å². The molecule has 0 saturated carbocycles. The number of fused-ring (bicyclic) bond motifs is 1. The number of aromatic nitrogens is 1. The Morgan fingerprint density at radius 2 is 1.74 bits per heavy atom. The molecule has 1 aliphatic rings. The molecular formula is C24H24BrF3N4O2. The maximum atomic E-state index is 12.8. The summed E-state index contributed by atoms with van der Waals surface area (Å²) >= 11 is 3.12. The number of rotatable bonds is 5. The Morgan fingerprint density at radius 1 is 1.09 bits per heavy atom. The van der Waals surface area contributed by atoms with Crippen molar-refractivity contribution in [2.24, 2.45) is 0 Å². The lowest BCUT2D eigenvalue weighted by Gasteiger charge is -2.16. The van der Waals surface area contributed by atoms with Gasteiger partial charge < -0.3 is 21.1 Å². The van der Waals surface area contributed by atoms with Crippen LogP contribution in [0.25, 0.3) is 0 Å². The average molecular weight is 537 g/mol. The van der Waals surface area contributed by atoms with E-state index in [1.807, 2.05) is 38.1 Å². The molecule has 6 nitrogen and oxygen atoms in total. The second-order valence-electron chi connectivity index (χ2n) is 7.33. The Balaban J connectivity index is 0.00000158. The highest BCUT2D eigenvalue weighted by molar-refractivity contribution is 9.10. The van der Waals surface area contributed by atoms with E-state index in [4.69, 9.17) is 5.73 Å². The van der Waals surface area contributed by atoms with Crippen LogP contribution in [0, 0.1) is 0 Å². The lowest BCUT2D eigenvalue weighted by Crippen LogP contribution is -2.35. The number of anilines is 3. The van der Waals surface area contributed by atoms with E-state index in [2.05, 4.69) is 36.3 Å². The van der Waals surface area contributed by atoms with Crippen LogP contribution in [0.5, 0.6) is 5.75 Å². The number of pyridine rings is 1. The molecule has 10 heteroatoms. The summed E-state index contributed by atoms with van der Waals surface area (Å²) in [5.74, 6) is -0.759. The standard InChI is InChI=1S/C22H18BrF3N4O2.C2H6/c23-14-5-6-17(19(9-14)32-22(24,25)26)29-20-11-15(27)10-18(30-20)21(31)28-16-7-12-3-1-2-4-13(12)8-16;1-2/h1-6,9-11,16H,7-8H2,(H,28,31)(H3,27,29,30);1-2H3. The molecule has 4 rings (SSSR count). The van der Waals surface area contributed by atoms with Crippen LogP contribution in [0.4, 0.5) is 30.4 Å². The summed E-state index contributed by atoms with van der Waals surface area (Å²) in [6.07, 6.45) is -3.44. The fourth-order valence-electron chi connectivity index (χ4n) is 3.60. The van der Waals surface area contributed by atoms with Crippen molar-refractivity contribution < 1.29 is 22.7 Å². The van der Waals surface area contributed by atoms with E-state index < -0.39 is 18.0 Å². The summed E-state index contributed by atoms with van der Waals surface area (Å²) in [6, 6.07) is 14.8. The van der Waals surface area contributed by atoms with Crippen LogP contribution in [0.2, 0.25) is 0 Å². The molecule has 4 N–H and O–H groups in total. The van der Waals surface area contributed by atoms with Crippen LogP contribution in [0.1, 0.15) is 35.5 Å². The number of nitrogen functional groups attached to an aromatic ring is 1. The summed E-state index contributed by atoms with van der Waals surface area (Å²) in [6.45, 7) is 4.00. The number of amides is 1. The molecule has 0 saturated heterocycles. The number of benzene rings is 2. The monoisotopic (exact) mass is 536 g/mol. The SMILES string of the molecule is CC.Nc1cc(Nc2ccc(Br)cc2OC(F)(F)F)nc(C(=O)NC2Cc3ccccc3C2)c1. The number of nitrogens with two attached hydrogens (primary N) is 1. The van der Waals surface area contributed by atoms with Crippen molar-refractivity contribution in [2.45, 2.75) is 39.1 Å². The van der Waals surface area contributed by atoms with Gasteiger partial charge in [0.05, 0.1) is 5.69 Å². The minimum absolute atomic E-state index is 0.0150. The number of halogens is 4. The van der Waals surface area contributed by atoms with E-state index in [1.165, 1.54) is 35.4 Å². The summed E-state index contributed by atoms with van der Waals surface area (Å²) in [4.78, 5) is 17.0. The zero-order valence-electron chi connectivity index (χ0n) is 18.5. The van der Waals surface area contributed by atoms with Gasteiger partial charge in [0.25, 0.3) is 5.91 Å². The average Bonchev–Trinajstić information content (AvgIpc) is 3.18. The van der Waals surface area contributed by atoms with Gasteiger partial charge in [0, 0.05) is 22.3 Å². The Morgan fingerprint density at radius 3 is 2.35 bits per heavy atom. The lowest BCUT2D eigenvalue weighted by atomic mass is 10.1. The van der Waals surface area contributed by atoms with Crippen LogP contribution in [-0.4, -0.2) is 23.3 Å². The highest BCUT2D eigenvalue weighted by Gasteiger charge is 2.32. The number of nitrogens with zero attached hydrogens (tertiary/aromatic N) is 1. The van der Waals surface area contributed by atoms with Crippen molar-refractivity contribution in [3.63, 3.8) is 0 Å². The van der Waals surface area contributed by atoms with Crippen molar-refractivity contribution in [3.05, 3.63) is 75.9 Å². The van der Waals surface area contributed by atoms with Crippen LogP contribution in [0.15, 0.2) is 59.1 Å². The molecule has 1 aliphatic carbocycles. The number of hydrogen-bond acceptors (Lipinski definition) is 5. The first-order valence-electron chi connectivity index (χ1n) is 10.6. The molecule has 2 aromatic carbocycles. The zero-order chi connectivity index (χ0) is 24.9. The van der Waals surface area contributed by atoms with Gasteiger partial charge in [-0.1, -0.05) is 54.0 Å². The van der Waals surface area contributed by atoms with Crippen LogP contribution < -0.4 is 21.1 Å². The van der Waals surface area contributed by atoms with Gasteiger partial charge in [-0.05, 0) is 48.2 Å². The van der Waals surface area contributed by atoms with E-state index >= 15 is 0 Å². The van der Waals surface area contributed by atoms with Crippen molar-refractivity contribution in [2.75, 3.05) is 11.1 Å². The third-order valence-corrected chi connectivity index (χ3v) is 5.39. The molecule has 0 radical (unpaired) electrons. The topological polar surface area (TPSA) is 89.3 Å². The van der Waals surface area contributed by atoms with E-state index in [0.29, 0.717) is 17.3 Å². The van der Waals surface area contributed by atoms with Gasteiger partial charge in [-0.2, -0.15) is 0 Å². The molecule has 180 valence electrons. The predicted molar refractivity (Wildman–Crippen MR) is 129 cm³/mol. The van der Waals surface area contributed by atoms with Crippen molar-refractivity contribution >= 4 is 39.0 Å². The number of carbonyl (C=O) groups is 1. The van der Waals surface area contributed by atoms with Gasteiger partial charge in [-0.25, -0.2) is 4.98 Å². The van der Waals surface area contributed by atoms with Crippen molar-refractivity contribution in [1.29, 1.82) is 0 Å². The quantitative estimate of drug-likeness (QED) is 0.372. The molecule has 1 aromatic heterocycles. The number of alkyl halides is 3. The van der Waals surface area contributed by atoms with Gasteiger partial charge in [-0.15, -0.1) is 13.2 Å². The summed E-state index contributed by atoms with van der Waals surface area (Å²) < 4.78 is 42.8. The summed E-state index contributed by atoms with van der Waals surface area (Å²) in [5, 5.41) is 5.70. The van der Waals surface area contributed by atoms with Crippen LogP contribution in [-0.2, 0) is 12.8 Å². The highest BCUT2D eigenvalue weighted by atomic mass is 79.9. The predicted octanol–water partition coefficient (Wildman–Crippen LogP) is 5.99. The maximum absolute atomic E-state index is 12.8. The van der Waals surface area contributed by atoms with Gasteiger partial charge in [0.2, 0.25) is 0 Å². The largest absolute Gasteiger partial charge is 0.573 e. The molecule has 1 amide bonds. The van der Waals surface area contributed by atoms with E-state index in [9.17, 15) is 18.0 Å². The second kappa shape index (κ2) is 10.8. The highest BCUT2D eigenvalue weighted by Crippen LogP contribution is 2.34. The molecule has 0 fully saturated rings. The minimum atomic E-state index is -4.87. The molecule has 0 bridgehead atoms. The molecule has 3 aromatic rings. The lowest BCUT2D eigenvalue weighted by molar-refractivity contribution is -0.274. The number of ether oxygens (including phenoxy) is 1. The summed E-state index contributed by atoms with van der Waals surface area (Å²) in [5.41, 5.74) is 8.59. The molecule has 0 aliphatic heterocycles. The van der Waals surface area contributed by atoms with Crippen LogP contribution in [0.3, 0.4) is 0 Å². The molecular weight excluding hydrogens is 513 g/mol. The van der Waals surface area contributed by atoms with Gasteiger partial charge in [0.1, 0.15) is 11.5 Å². The Hall–Kier alpha value is -3.27. The first-order valence-corrected chi connectivity index (χ1v) is 11.4. The number of nitrogens with one attached hydrogen (secondary N) is 2. The van der Waals surface area contributed by atoms with Gasteiger partial charge in [0.15, 0.2) is 5.75 Å². The molecule has 1 heterocycles. The molecule has 0 atom stereocenters. The maximum Gasteiger partial charge on any atom is 0.573 e. The zero-order valence-corrected chi connectivity index (χ0v) is 20.1. The fourth-order valence-corrected chi connectivity index (χ4v) is 3.94. The fraction of sp³-hybridized carbons (Fsp3) is 0.250. The molecule has 0 spiro atoms. The van der Waals surface area contributed by atoms with E-state index in [1.54, 1.807) is 6.07 Å². The Bertz CT molecular complexity index is 1150. The third-order valence-electron chi connectivity index (χ3n) is 4.90.